The van der Waals surface area contributed by atoms with E-state index in [-0.39, 0.29) is 11.8 Å². The smallest absolute Gasteiger partial charge is 0.417 e. The van der Waals surface area contributed by atoms with Crippen LogP contribution in [0.3, 0.4) is 0 Å². The lowest BCUT2D eigenvalue weighted by molar-refractivity contribution is -0.120. The van der Waals surface area contributed by atoms with Crippen molar-refractivity contribution in [2.75, 3.05) is 23.3 Å². The molecular formula is C20H18N4O4. The summed E-state index contributed by atoms with van der Waals surface area (Å²) in [4.78, 5) is 33.1. The summed E-state index contributed by atoms with van der Waals surface area (Å²) in [6, 6.07) is 13.4. The topological polar surface area (TPSA) is 104 Å². The molecule has 8 nitrogen and oxygen atoms in total. The van der Waals surface area contributed by atoms with Crippen molar-refractivity contribution in [3.63, 3.8) is 0 Å². The number of anilines is 2. The first-order valence-electron chi connectivity index (χ1n) is 9.20. The second-order valence-electron chi connectivity index (χ2n) is 6.94. The Bertz CT molecular complexity index is 1180. The third kappa shape index (κ3) is 3.02. The Labute approximate surface area is 159 Å². The number of para-hydroxylation sites is 2. The Morgan fingerprint density at radius 1 is 1.11 bits per heavy atom. The monoisotopic (exact) mass is 378 g/mol. The van der Waals surface area contributed by atoms with E-state index in [0.717, 1.165) is 23.9 Å². The van der Waals surface area contributed by atoms with Gasteiger partial charge in [-0.1, -0.05) is 12.1 Å². The van der Waals surface area contributed by atoms with Gasteiger partial charge in [-0.25, -0.2) is 4.79 Å². The van der Waals surface area contributed by atoms with Crippen molar-refractivity contribution in [1.29, 1.82) is 0 Å². The first-order chi connectivity index (χ1) is 13.7. The molecule has 0 radical (unpaired) electrons. The fourth-order valence-electron chi connectivity index (χ4n) is 3.60. The van der Waals surface area contributed by atoms with Crippen LogP contribution in [0.2, 0.25) is 0 Å². The lowest BCUT2D eigenvalue weighted by atomic mass is 9.96. The van der Waals surface area contributed by atoms with Gasteiger partial charge < -0.3 is 19.1 Å². The van der Waals surface area contributed by atoms with Crippen LogP contribution in [0.1, 0.15) is 12.8 Å². The van der Waals surface area contributed by atoms with Gasteiger partial charge in [0.15, 0.2) is 11.2 Å². The molecule has 28 heavy (non-hydrogen) atoms. The number of piperidine rings is 1. The van der Waals surface area contributed by atoms with Gasteiger partial charge in [-0.3, -0.25) is 9.78 Å². The minimum atomic E-state index is -0.509. The zero-order valence-corrected chi connectivity index (χ0v) is 15.0. The lowest BCUT2D eigenvalue weighted by Crippen LogP contribution is -2.38. The van der Waals surface area contributed by atoms with Crippen LogP contribution in [-0.4, -0.2) is 29.0 Å². The quantitative estimate of drug-likeness (QED) is 0.568. The molecule has 1 amide bonds. The molecule has 142 valence electrons. The average Bonchev–Trinajstić information content (AvgIpc) is 3.30. The summed E-state index contributed by atoms with van der Waals surface area (Å²) in [5.74, 6) is -0.618. The highest BCUT2D eigenvalue weighted by molar-refractivity contribution is 5.94. The van der Waals surface area contributed by atoms with Gasteiger partial charge in [0.2, 0.25) is 5.91 Å². The van der Waals surface area contributed by atoms with Crippen molar-refractivity contribution in [3.8, 4) is 0 Å². The molecule has 2 N–H and O–H groups in total. The Balaban J connectivity index is 1.24. The average molecular weight is 378 g/mol. The zero-order valence-electron chi connectivity index (χ0n) is 15.0. The molecule has 0 saturated carbocycles. The summed E-state index contributed by atoms with van der Waals surface area (Å²) in [5, 5.41) is 2.93. The van der Waals surface area contributed by atoms with Crippen molar-refractivity contribution < 1.29 is 13.6 Å². The summed E-state index contributed by atoms with van der Waals surface area (Å²) in [6.45, 7) is 1.41. The number of rotatable bonds is 3. The van der Waals surface area contributed by atoms with Crippen LogP contribution in [-0.2, 0) is 4.79 Å². The largest absolute Gasteiger partial charge is 0.423 e. The number of aromatic amines is 1. The van der Waals surface area contributed by atoms with Crippen LogP contribution in [0.5, 0.6) is 0 Å². The highest BCUT2D eigenvalue weighted by Crippen LogP contribution is 2.27. The van der Waals surface area contributed by atoms with Gasteiger partial charge in [-0.2, -0.15) is 4.98 Å². The second kappa shape index (κ2) is 6.56. The molecule has 1 saturated heterocycles. The molecule has 0 aliphatic carbocycles. The van der Waals surface area contributed by atoms with Crippen molar-refractivity contribution >= 4 is 39.8 Å². The van der Waals surface area contributed by atoms with Crippen molar-refractivity contribution in [2.45, 2.75) is 12.8 Å². The first kappa shape index (κ1) is 16.6. The van der Waals surface area contributed by atoms with E-state index in [9.17, 15) is 9.59 Å². The van der Waals surface area contributed by atoms with Gasteiger partial charge in [-0.05, 0) is 43.2 Å². The minimum Gasteiger partial charge on any atom is -0.423 e. The molecule has 4 aromatic rings. The Morgan fingerprint density at radius 2 is 1.93 bits per heavy atom. The number of nitrogens with one attached hydrogen (secondary N) is 2. The van der Waals surface area contributed by atoms with Gasteiger partial charge in [0, 0.05) is 24.7 Å². The summed E-state index contributed by atoms with van der Waals surface area (Å²) in [6.07, 6.45) is 1.44. The van der Waals surface area contributed by atoms with E-state index in [0.29, 0.717) is 35.9 Å². The maximum atomic E-state index is 12.6. The molecule has 2 aromatic heterocycles. The molecule has 3 heterocycles. The third-order valence-electron chi connectivity index (χ3n) is 5.11. The van der Waals surface area contributed by atoms with Crippen LogP contribution >= 0.6 is 0 Å². The molecule has 1 aliphatic rings. The van der Waals surface area contributed by atoms with E-state index in [4.69, 9.17) is 8.83 Å². The maximum Gasteiger partial charge on any atom is 0.417 e. The van der Waals surface area contributed by atoms with Gasteiger partial charge in [0.1, 0.15) is 5.52 Å². The number of benzene rings is 2. The molecule has 0 unspecified atom stereocenters. The Morgan fingerprint density at radius 3 is 2.75 bits per heavy atom. The van der Waals surface area contributed by atoms with Crippen LogP contribution in [0.15, 0.2) is 56.1 Å². The predicted octanol–water partition coefficient (Wildman–Crippen LogP) is 3.12. The van der Waals surface area contributed by atoms with Crippen molar-refractivity contribution in [2.24, 2.45) is 5.92 Å². The standard InChI is InChI=1S/C20H18N4O4/c25-18(21-13-5-6-17-15(11-13)23-20(26)28-17)12-7-9-24(10-8-12)19-22-14-3-1-2-4-16(14)27-19/h1-6,11-12H,7-10H2,(H,21,25)(H,23,26). The molecular weight excluding hydrogens is 360 g/mol. The normalized spacial score (nSPS) is 15.4. The number of oxazole rings is 2. The first-order valence-corrected chi connectivity index (χ1v) is 9.20. The second-order valence-corrected chi connectivity index (χ2v) is 6.94. The van der Waals surface area contributed by atoms with Crippen molar-refractivity contribution in [1.82, 2.24) is 9.97 Å². The molecule has 8 heteroatoms. The Kier molecular flexibility index (Phi) is 3.89. The number of fused-ring (bicyclic) bond motifs is 2. The maximum absolute atomic E-state index is 12.6. The van der Waals surface area contributed by atoms with E-state index >= 15 is 0 Å². The van der Waals surface area contributed by atoms with E-state index in [1.807, 2.05) is 24.3 Å². The van der Waals surface area contributed by atoms with E-state index in [2.05, 4.69) is 20.2 Å². The fourth-order valence-corrected chi connectivity index (χ4v) is 3.60. The zero-order chi connectivity index (χ0) is 19.1. The van der Waals surface area contributed by atoms with Crippen LogP contribution in [0.25, 0.3) is 22.2 Å². The SMILES string of the molecule is O=C(Nc1ccc2oc(=O)[nH]c2c1)C1CCN(c2nc3ccccc3o2)CC1. The number of aromatic nitrogens is 2. The van der Waals surface area contributed by atoms with Crippen LogP contribution < -0.4 is 16.0 Å². The molecule has 0 atom stereocenters. The number of carbonyl (C=O) groups excluding carboxylic acids is 1. The minimum absolute atomic E-state index is 0.0255. The molecule has 2 aromatic carbocycles. The third-order valence-corrected chi connectivity index (χ3v) is 5.11. The van der Waals surface area contributed by atoms with Gasteiger partial charge >= 0.3 is 5.76 Å². The van der Waals surface area contributed by atoms with E-state index < -0.39 is 5.76 Å². The molecule has 0 spiro atoms. The highest BCUT2D eigenvalue weighted by Gasteiger charge is 2.27. The number of carbonyl (C=O) groups is 1. The molecule has 1 aliphatic heterocycles. The number of hydrogen-bond donors (Lipinski definition) is 2. The van der Waals surface area contributed by atoms with E-state index in [1.54, 1.807) is 18.2 Å². The summed E-state index contributed by atoms with van der Waals surface area (Å²) in [5.41, 5.74) is 3.27. The molecule has 0 bridgehead atoms. The number of hydrogen-bond acceptors (Lipinski definition) is 6. The molecule has 1 fully saturated rings. The summed E-state index contributed by atoms with van der Waals surface area (Å²) < 4.78 is 10.8. The fraction of sp³-hybridized carbons (Fsp3) is 0.250. The summed E-state index contributed by atoms with van der Waals surface area (Å²) >= 11 is 0. The van der Waals surface area contributed by atoms with Crippen molar-refractivity contribution in [3.05, 3.63) is 53.0 Å². The van der Waals surface area contributed by atoms with E-state index in [1.165, 1.54) is 0 Å². The van der Waals surface area contributed by atoms with Gasteiger partial charge in [0.25, 0.3) is 6.01 Å². The number of H-pyrrole nitrogens is 1. The van der Waals surface area contributed by atoms with Gasteiger partial charge in [0.05, 0.1) is 5.52 Å². The number of amides is 1. The van der Waals surface area contributed by atoms with Gasteiger partial charge in [-0.15, -0.1) is 0 Å². The van der Waals surface area contributed by atoms with Crippen LogP contribution in [0, 0.1) is 5.92 Å². The predicted molar refractivity (Wildman–Crippen MR) is 104 cm³/mol. The Hall–Kier alpha value is -3.55. The lowest BCUT2D eigenvalue weighted by Gasteiger charge is -2.30. The highest BCUT2D eigenvalue weighted by atomic mass is 16.4. The molecule has 5 rings (SSSR count). The number of nitrogens with zero attached hydrogens (tertiary/aromatic N) is 2. The van der Waals surface area contributed by atoms with Crippen LogP contribution in [0.4, 0.5) is 11.7 Å². The summed E-state index contributed by atoms with van der Waals surface area (Å²) in [7, 11) is 0.